The van der Waals surface area contributed by atoms with Crippen LogP contribution in [-0.4, -0.2) is 15.5 Å². The van der Waals surface area contributed by atoms with Gasteiger partial charge in [0.2, 0.25) is 5.91 Å². The van der Waals surface area contributed by atoms with E-state index in [1.165, 1.54) is 6.07 Å². The molecule has 0 aliphatic carbocycles. The number of hydrogen-bond acceptors (Lipinski definition) is 3. The lowest BCUT2D eigenvalue weighted by atomic mass is 10.1. The minimum absolute atomic E-state index is 0.133. The third-order valence-corrected chi connectivity index (χ3v) is 4.28. The van der Waals surface area contributed by atoms with Gasteiger partial charge < -0.3 is 15.2 Å². The van der Waals surface area contributed by atoms with Crippen LogP contribution in [0.4, 0.5) is 15.8 Å². The lowest BCUT2D eigenvalue weighted by molar-refractivity contribution is -0.115. The number of nitrogens with one attached hydrogen (secondary N) is 2. The smallest absolute Gasteiger partial charge is 0.228 e. The molecule has 2 N–H and O–H groups in total. The normalized spacial score (nSPS) is 10.6. The molecule has 0 saturated heterocycles. The van der Waals surface area contributed by atoms with Crippen molar-refractivity contribution in [1.29, 1.82) is 0 Å². The van der Waals surface area contributed by atoms with Crippen molar-refractivity contribution in [1.82, 2.24) is 9.55 Å². The zero-order chi connectivity index (χ0) is 18.5. The van der Waals surface area contributed by atoms with Crippen molar-refractivity contribution in [2.45, 2.75) is 13.0 Å². The lowest BCUT2D eigenvalue weighted by Crippen LogP contribution is -2.15. The van der Waals surface area contributed by atoms with Gasteiger partial charge in [-0.3, -0.25) is 4.79 Å². The zero-order valence-corrected chi connectivity index (χ0v) is 14.9. The first-order valence-corrected chi connectivity index (χ1v) is 8.44. The zero-order valence-electron chi connectivity index (χ0n) is 14.2. The molecule has 3 rings (SSSR count). The minimum atomic E-state index is -0.489. The van der Waals surface area contributed by atoms with Crippen molar-refractivity contribution in [3.63, 3.8) is 0 Å². The van der Waals surface area contributed by atoms with Gasteiger partial charge in [-0.05, 0) is 23.8 Å². The Kier molecular flexibility index (Phi) is 5.53. The summed E-state index contributed by atoms with van der Waals surface area (Å²) in [5.41, 5.74) is 1.67. The van der Waals surface area contributed by atoms with Crippen LogP contribution in [0.3, 0.4) is 0 Å². The monoisotopic (exact) mass is 372 g/mol. The molecule has 1 amide bonds. The Hall–Kier alpha value is -2.86. The highest BCUT2D eigenvalue weighted by Gasteiger charge is 2.10. The van der Waals surface area contributed by atoms with Crippen molar-refractivity contribution in [3.8, 4) is 0 Å². The molecule has 1 aromatic heterocycles. The molecule has 0 atom stereocenters. The van der Waals surface area contributed by atoms with Gasteiger partial charge in [-0.2, -0.15) is 0 Å². The Bertz CT molecular complexity index is 911. The van der Waals surface area contributed by atoms with E-state index in [1.807, 2.05) is 37.4 Å². The molecule has 3 aromatic rings. The Morgan fingerprint density at radius 3 is 2.69 bits per heavy atom. The summed E-state index contributed by atoms with van der Waals surface area (Å²) < 4.78 is 15.8. The summed E-state index contributed by atoms with van der Waals surface area (Å²) in [6, 6.07) is 13.8. The van der Waals surface area contributed by atoms with E-state index in [2.05, 4.69) is 15.6 Å². The maximum absolute atomic E-state index is 14.0. The molecule has 7 heteroatoms. The molecule has 134 valence electrons. The molecule has 5 nitrogen and oxygen atoms in total. The maximum atomic E-state index is 14.0. The van der Waals surface area contributed by atoms with E-state index in [0.717, 1.165) is 11.4 Å². The average molecular weight is 373 g/mol. The molecule has 0 aliphatic heterocycles. The highest BCUT2D eigenvalue weighted by atomic mass is 35.5. The van der Waals surface area contributed by atoms with Gasteiger partial charge in [0.25, 0.3) is 0 Å². The Labute approximate surface area is 155 Å². The largest absolute Gasteiger partial charge is 0.378 e. The van der Waals surface area contributed by atoms with Gasteiger partial charge in [0.1, 0.15) is 16.8 Å². The predicted molar refractivity (Wildman–Crippen MR) is 101 cm³/mol. The summed E-state index contributed by atoms with van der Waals surface area (Å²) in [5, 5.41) is 6.30. The van der Waals surface area contributed by atoms with Gasteiger partial charge in [0, 0.05) is 12.7 Å². The van der Waals surface area contributed by atoms with Crippen LogP contribution in [-0.2, 0) is 24.8 Å². The van der Waals surface area contributed by atoms with Crippen LogP contribution in [0, 0.1) is 5.82 Å². The summed E-state index contributed by atoms with van der Waals surface area (Å²) in [4.78, 5) is 16.3. The van der Waals surface area contributed by atoms with E-state index in [9.17, 15) is 9.18 Å². The molecule has 2 aromatic carbocycles. The summed E-state index contributed by atoms with van der Waals surface area (Å²) in [5.74, 6) is -0.0193. The number of halogens is 2. The Morgan fingerprint density at radius 2 is 2.00 bits per heavy atom. The minimum Gasteiger partial charge on any atom is -0.378 e. The molecule has 0 saturated carbocycles. The third-order valence-electron chi connectivity index (χ3n) is 3.93. The van der Waals surface area contributed by atoms with E-state index in [-0.39, 0.29) is 18.0 Å². The van der Waals surface area contributed by atoms with Crippen LogP contribution in [0.15, 0.2) is 54.7 Å². The molecule has 0 unspecified atom stereocenters. The van der Waals surface area contributed by atoms with E-state index in [0.29, 0.717) is 17.4 Å². The number of aromatic nitrogens is 2. The Morgan fingerprint density at radius 1 is 1.23 bits per heavy atom. The van der Waals surface area contributed by atoms with Gasteiger partial charge in [0.15, 0.2) is 0 Å². The Balaban J connectivity index is 1.65. The predicted octanol–water partition coefficient (Wildman–Crippen LogP) is 4.01. The van der Waals surface area contributed by atoms with Crippen molar-refractivity contribution in [2.75, 3.05) is 10.6 Å². The van der Waals surface area contributed by atoms with Crippen molar-refractivity contribution in [2.24, 2.45) is 7.05 Å². The van der Waals surface area contributed by atoms with Crippen molar-refractivity contribution in [3.05, 3.63) is 77.1 Å². The molecule has 1 heterocycles. The number of nitrogens with zero attached hydrogens (tertiary/aromatic N) is 2. The second-order valence-corrected chi connectivity index (χ2v) is 6.20. The number of amides is 1. The summed E-state index contributed by atoms with van der Waals surface area (Å²) >= 11 is 5.96. The van der Waals surface area contributed by atoms with Gasteiger partial charge in [-0.25, -0.2) is 9.37 Å². The van der Waals surface area contributed by atoms with Gasteiger partial charge >= 0.3 is 0 Å². The van der Waals surface area contributed by atoms with Crippen molar-refractivity contribution < 1.29 is 9.18 Å². The third kappa shape index (κ3) is 4.40. The molecular weight excluding hydrogens is 355 g/mol. The summed E-state index contributed by atoms with van der Waals surface area (Å²) in [7, 11) is 1.81. The highest BCUT2D eigenvalue weighted by Crippen LogP contribution is 2.21. The van der Waals surface area contributed by atoms with Gasteiger partial charge in [-0.15, -0.1) is 0 Å². The second kappa shape index (κ2) is 8.01. The van der Waals surface area contributed by atoms with E-state index in [1.54, 1.807) is 22.9 Å². The summed E-state index contributed by atoms with van der Waals surface area (Å²) in [6.45, 7) is 0.423. The van der Waals surface area contributed by atoms with Crippen LogP contribution in [0.5, 0.6) is 0 Å². The van der Waals surface area contributed by atoms with Crippen LogP contribution >= 0.6 is 11.6 Å². The fourth-order valence-corrected chi connectivity index (χ4v) is 2.62. The maximum Gasteiger partial charge on any atom is 0.228 e. The highest BCUT2D eigenvalue weighted by molar-refractivity contribution is 6.29. The summed E-state index contributed by atoms with van der Waals surface area (Å²) in [6.07, 6.45) is 1.75. The molecule has 0 fully saturated rings. The molecule has 0 aliphatic rings. The number of rotatable bonds is 6. The number of imidazole rings is 1. The van der Waals surface area contributed by atoms with Crippen LogP contribution < -0.4 is 10.6 Å². The second-order valence-electron chi connectivity index (χ2n) is 5.81. The topological polar surface area (TPSA) is 59.0 Å². The number of carbonyl (C=O) groups is 1. The molecule has 26 heavy (non-hydrogen) atoms. The SMILES string of the molecule is Cn1c(Cl)cnc1CNc1ccc(F)c(NC(=O)Cc2ccccc2)c1. The molecular formula is C19H18ClFN4O. The average Bonchev–Trinajstić information content (AvgIpc) is 2.95. The standard InChI is InChI=1S/C19H18ClFN4O/c1-25-17(20)11-23-18(25)12-22-14-7-8-15(21)16(10-14)24-19(26)9-13-5-3-2-4-6-13/h2-8,10-11,22H,9,12H2,1H3,(H,24,26). The first-order chi connectivity index (χ1) is 12.5. The number of benzene rings is 2. The van der Waals surface area contributed by atoms with Gasteiger partial charge in [0.05, 0.1) is 24.8 Å². The molecule has 0 spiro atoms. The van der Waals surface area contributed by atoms with Crippen LogP contribution in [0.1, 0.15) is 11.4 Å². The fourth-order valence-electron chi connectivity index (χ4n) is 2.48. The van der Waals surface area contributed by atoms with E-state index >= 15 is 0 Å². The lowest BCUT2D eigenvalue weighted by Gasteiger charge is -2.11. The van der Waals surface area contributed by atoms with Crippen LogP contribution in [0.2, 0.25) is 5.15 Å². The number of carbonyl (C=O) groups excluding carboxylic acids is 1. The molecule has 0 bridgehead atoms. The molecule has 0 radical (unpaired) electrons. The number of anilines is 2. The van der Waals surface area contributed by atoms with Gasteiger partial charge in [-0.1, -0.05) is 41.9 Å². The van der Waals surface area contributed by atoms with E-state index < -0.39 is 5.82 Å². The number of hydrogen-bond donors (Lipinski definition) is 2. The first-order valence-electron chi connectivity index (χ1n) is 8.06. The first kappa shape index (κ1) is 17.9. The fraction of sp³-hybridized carbons (Fsp3) is 0.158. The van der Waals surface area contributed by atoms with E-state index in [4.69, 9.17) is 11.6 Å². The van der Waals surface area contributed by atoms with Crippen molar-refractivity contribution >= 4 is 28.9 Å². The quantitative estimate of drug-likeness (QED) is 0.687. The van der Waals surface area contributed by atoms with Crippen LogP contribution in [0.25, 0.3) is 0 Å².